The van der Waals surface area contributed by atoms with Crippen LogP contribution in [0.1, 0.15) is 17.3 Å². The summed E-state index contributed by atoms with van der Waals surface area (Å²) in [5, 5.41) is 20.4. The zero-order valence-corrected chi connectivity index (χ0v) is 9.98. The van der Waals surface area contributed by atoms with Crippen LogP contribution >= 0.6 is 0 Å². The average molecular weight is 260 g/mol. The maximum atomic E-state index is 13.3. The Labute approximate surface area is 108 Å². The third kappa shape index (κ3) is 4.10. The summed E-state index contributed by atoms with van der Waals surface area (Å²) in [6, 6.07) is 6.46. The minimum Gasteiger partial charge on any atom is -0.462 e. The number of esters is 1. The second-order valence-corrected chi connectivity index (χ2v) is 3.24. The number of hydrazone groups is 1. The molecule has 0 fully saturated rings. The van der Waals surface area contributed by atoms with E-state index >= 15 is 0 Å². The van der Waals surface area contributed by atoms with Gasteiger partial charge in [0.05, 0.1) is 17.9 Å². The predicted molar refractivity (Wildman–Crippen MR) is 64.6 cm³/mol. The SMILES string of the molecule is CCOC(=O)c1cc(F)cc(NN=C(C#N)C#N)c1. The van der Waals surface area contributed by atoms with Gasteiger partial charge in [-0.05, 0) is 25.1 Å². The molecule has 0 unspecified atom stereocenters. The summed E-state index contributed by atoms with van der Waals surface area (Å²) >= 11 is 0. The summed E-state index contributed by atoms with van der Waals surface area (Å²) in [5.41, 5.74) is 2.04. The molecule has 0 saturated heterocycles. The molecule has 1 aromatic rings. The van der Waals surface area contributed by atoms with E-state index in [1.165, 1.54) is 18.2 Å². The molecule has 0 aliphatic rings. The second-order valence-electron chi connectivity index (χ2n) is 3.24. The summed E-state index contributed by atoms with van der Waals surface area (Å²) < 4.78 is 18.0. The van der Waals surface area contributed by atoms with Gasteiger partial charge in [0.2, 0.25) is 5.71 Å². The number of carbonyl (C=O) groups excluding carboxylic acids is 1. The van der Waals surface area contributed by atoms with Crippen molar-refractivity contribution in [1.82, 2.24) is 0 Å². The van der Waals surface area contributed by atoms with Gasteiger partial charge in [0.25, 0.3) is 0 Å². The molecular formula is C12H9FN4O2. The first-order valence-corrected chi connectivity index (χ1v) is 5.22. The van der Waals surface area contributed by atoms with Gasteiger partial charge in [0, 0.05) is 0 Å². The van der Waals surface area contributed by atoms with Gasteiger partial charge in [0.1, 0.15) is 18.0 Å². The number of hydrogen-bond donors (Lipinski definition) is 1. The van der Waals surface area contributed by atoms with E-state index in [4.69, 9.17) is 15.3 Å². The summed E-state index contributed by atoms with van der Waals surface area (Å²) in [6.07, 6.45) is 0. The molecule has 96 valence electrons. The quantitative estimate of drug-likeness (QED) is 0.505. The number of nitrogens with one attached hydrogen (secondary N) is 1. The van der Waals surface area contributed by atoms with Crippen LogP contribution in [0.5, 0.6) is 0 Å². The van der Waals surface area contributed by atoms with E-state index in [0.717, 1.165) is 12.1 Å². The van der Waals surface area contributed by atoms with E-state index in [1.807, 2.05) is 0 Å². The fourth-order valence-electron chi connectivity index (χ4n) is 1.18. The Morgan fingerprint density at radius 2 is 2.11 bits per heavy atom. The number of carbonyl (C=O) groups is 1. The van der Waals surface area contributed by atoms with Gasteiger partial charge in [-0.25, -0.2) is 9.18 Å². The monoisotopic (exact) mass is 260 g/mol. The molecule has 0 saturated carbocycles. The average Bonchev–Trinajstić information content (AvgIpc) is 2.39. The van der Waals surface area contributed by atoms with Gasteiger partial charge in [-0.2, -0.15) is 15.6 Å². The van der Waals surface area contributed by atoms with E-state index in [9.17, 15) is 9.18 Å². The highest BCUT2D eigenvalue weighted by Crippen LogP contribution is 2.15. The van der Waals surface area contributed by atoms with Crippen molar-refractivity contribution in [3.05, 3.63) is 29.6 Å². The number of anilines is 1. The zero-order valence-electron chi connectivity index (χ0n) is 9.98. The molecule has 1 aromatic carbocycles. The number of nitriles is 2. The molecule has 0 aliphatic heterocycles. The van der Waals surface area contributed by atoms with Crippen molar-refractivity contribution >= 4 is 17.4 Å². The van der Waals surface area contributed by atoms with Crippen LogP contribution < -0.4 is 5.43 Å². The Kier molecular flexibility index (Phi) is 5.00. The molecule has 6 nitrogen and oxygen atoms in total. The highest BCUT2D eigenvalue weighted by molar-refractivity contribution is 6.10. The van der Waals surface area contributed by atoms with Crippen molar-refractivity contribution in [1.29, 1.82) is 10.5 Å². The van der Waals surface area contributed by atoms with Crippen molar-refractivity contribution in [2.75, 3.05) is 12.0 Å². The van der Waals surface area contributed by atoms with Crippen molar-refractivity contribution in [2.24, 2.45) is 5.10 Å². The molecule has 0 atom stereocenters. The summed E-state index contributed by atoms with van der Waals surface area (Å²) in [4.78, 5) is 11.4. The Balaban J connectivity index is 2.98. The first-order chi connectivity index (χ1) is 9.10. The molecule has 1 N–H and O–H groups in total. The number of rotatable bonds is 4. The van der Waals surface area contributed by atoms with E-state index in [2.05, 4.69) is 10.5 Å². The maximum Gasteiger partial charge on any atom is 0.338 e. The van der Waals surface area contributed by atoms with Gasteiger partial charge in [-0.3, -0.25) is 5.43 Å². The second kappa shape index (κ2) is 6.72. The first-order valence-electron chi connectivity index (χ1n) is 5.22. The lowest BCUT2D eigenvalue weighted by molar-refractivity contribution is 0.0526. The fraction of sp³-hybridized carbons (Fsp3) is 0.167. The van der Waals surface area contributed by atoms with Crippen LogP contribution in [0.3, 0.4) is 0 Å². The van der Waals surface area contributed by atoms with Crippen LogP contribution in [0.25, 0.3) is 0 Å². The topological polar surface area (TPSA) is 98.3 Å². The van der Waals surface area contributed by atoms with Crippen molar-refractivity contribution < 1.29 is 13.9 Å². The predicted octanol–water partition coefficient (Wildman–Crippen LogP) is 1.82. The number of nitrogens with zero attached hydrogens (tertiary/aromatic N) is 3. The van der Waals surface area contributed by atoms with E-state index in [0.29, 0.717) is 0 Å². The Bertz CT molecular complexity index is 583. The van der Waals surface area contributed by atoms with Crippen molar-refractivity contribution in [3.63, 3.8) is 0 Å². The zero-order chi connectivity index (χ0) is 14.3. The van der Waals surface area contributed by atoms with E-state index in [1.54, 1.807) is 6.92 Å². The number of halogens is 1. The number of hydrogen-bond acceptors (Lipinski definition) is 6. The van der Waals surface area contributed by atoms with Gasteiger partial charge in [-0.15, -0.1) is 0 Å². The molecule has 0 heterocycles. The van der Waals surface area contributed by atoms with Crippen LogP contribution in [0.4, 0.5) is 10.1 Å². The van der Waals surface area contributed by atoms with Crippen molar-refractivity contribution in [3.8, 4) is 12.1 Å². The lowest BCUT2D eigenvalue weighted by Crippen LogP contribution is -2.06. The molecule has 0 radical (unpaired) electrons. The van der Waals surface area contributed by atoms with Gasteiger partial charge >= 0.3 is 5.97 Å². The Hall–Kier alpha value is -2.93. The van der Waals surface area contributed by atoms with E-state index < -0.39 is 17.5 Å². The lowest BCUT2D eigenvalue weighted by atomic mass is 10.2. The third-order valence-corrected chi connectivity index (χ3v) is 1.92. The summed E-state index contributed by atoms with van der Waals surface area (Å²) in [5.74, 6) is -1.34. The normalized spacial score (nSPS) is 8.84. The minimum atomic E-state index is -0.671. The van der Waals surface area contributed by atoms with Crippen LogP contribution in [-0.2, 0) is 4.74 Å². The molecular weight excluding hydrogens is 251 g/mol. The smallest absolute Gasteiger partial charge is 0.338 e. The van der Waals surface area contributed by atoms with Crippen LogP contribution in [0.2, 0.25) is 0 Å². The molecule has 0 amide bonds. The minimum absolute atomic E-state index is 0.00927. The van der Waals surface area contributed by atoms with Gasteiger partial charge in [-0.1, -0.05) is 0 Å². The van der Waals surface area contributed by atoms with E-state index in [-0.39, 0.29) is 17.9 Å². The molecule has 1 rings (SSSR count). The molecule has 0 aromatic heterocycles. The maximum absolute atomic E-state index is 13.3. The number of benzene rings is 1. The molecule has 0 aliphatic carbocycles. The fourth-order valence-corrected chi connectivity index (χ4v) is 1.18. The molecule has 0 spiro atoms. The Morgan fingerprint density at radius 1 is 1.42 bits per heavy atom. The molecule has 19 heavy (non-hydrogen) atoms. The Morgan fingerprint density at radius 3 is 2.68 bits per heavy atom. The summed E-state index contributed by atoms with van der Waals surface area (Å²) in [6.45, 7) is 1.80. The highest BCUT2D eigenvalue weighted by atomic mass is 19.1. The lowest BCUT2D eigenvalue weighted by Gasteiger charge is -2.05. The van der Waals surface area contributed by atoms with Crippen LogP contribution in [-0.4, -0.2) is 18.3 Å². The number of ether oxygens (including phenoxy) is 1. The van der Waals surface area contributed by atoms with Gasteiger partial charge < -0.3 is 4.74 Å². The third-order valence-electron chi connectivity index (χ3n) is 1.92. The van der Waals surface area contributed by atoms with Crippen LogP contribution in [0.15, 0.2) is 23.3 Å². The highest BCUT2D eigenvalue weighted by Gasteiger charge is 2.09. The first kappa shape index (κ1) is 14.1. The van der Waals surface area contributed by atoms with Crippen LogP contribution in [0, 0.1) is 28.5 Å². The molecule has 0 bridgehead atoms. The van der Waals surface area contributed by atoms with Gasteiger partial charge in [0.15, 0.2) is 0 Å². The molecule has 7 heteroatoms. The summed E-state index contributed by atoms with van der Waals surface area (Å²) in [7, 11) is 0. The largest absolute Gasteiger partial charge is 0.462 e. The van der Waals surface area contributed by atoms with Crippen molar-refractivity contribution in [2.45, 2.75) is 6.92 Å². The standard InChI is InChI=1S/C12H9FN4O2/c1-2-19-12(18)8-3-9(13)5-10(4-8)16-17-11(6-14)7-15/h3-5,16H,2H2,1H3.